The lowest BCUT2D eigenvalue weighted by Gasteiger charge is -2.28. The Balaban J connectivity index is 1.57. The highest BCUT2D eigenvalue weighted by Crippen LogP contribution is 2.19. The van der Waals surface area contributed by atoms with Gasteiger partial charge in [0.1, 0.15) is 18.4 Å². The molecular weight excluding hydrogens is 370 g/mol. The lowest BCUT2D eigenvalue weighted by atomic mass is 9.93. The highest BCUT2D eigenvalue weighted by atomic mass is 16.5. The fraction of sp³-hybridized carbons (Fsp3) is 0.391. The van der Waals surface area contributed by atoms with E-state index in [4.69, 9.17) is 9.47 Å². The van der Waals surface area contributed by atoms with E-state index in [0.717, 1.165) is 29.5 Å². The van der Waals surface area contributed by atoms with Gasteiger partial charge in [0, 0.05) is 12.5 Å². The van der Waals surface area contributed by atoms with Crippen molar-refractivity contribution in [3.05, 3.63) is 65.2 Å². The number of carbonyl (C=O) groups excluding carboxylic acids is 1. The van der Waals surface area contributed by atoms with Gasteiger partial charge >= 0.3 is 5.97 Å². The van der Waals surface area contributed by atoms with Crippen LogP contribution in [0.15, 0.2) is 48.5 Å². The zero-order valence-corrected chi connectivity index (χ0v) is 16.6. The molecule has 0 radical (unpaired) electrons. The normalized spacial score (nSPS) is 17.3. The van der Waals surface area contributed by atoms with Gasteiger partial charge in [0.15, 0.2) is 0 Å². The lowest BCUT2D eigenvalue weighted by molar-refractivity contribution is -0.145. The summed E-state index contributed by atoms with van der Waals surface area (Å²) in [4.78, 5) is 24.0. The fourth-order valence-electron chi connectivity index (χ4n) is 3.50. The van der Waals surface area contributed by atoms with Crippen molar-refractivity contribution in [3.63, 3.8) is 0 Å². The Morgan fingerprint density at radius 1 is 1.24 bits per heavy atom. The number of benzene rings is 2. The van der Waals surface area contributed by atoms with Crippen molar-refractivity contribution in [2.75, 3.05) is 13.2 Å². The fourth-order valence-corrected chi connectivity index (χ4v) is 3.50. The van der Waals surface area contributed by atoms with Crippen LogP contribution in [0.1, 0.15) is 29.5 Å². The number of hydrogen-bond donors (Lipinski definition) is 2. The van der Waals surface area contributed by atoms with E-state index in [2.05, 4.69) is 5.32 Å². The number of hydrogen-bond acceptors (Lipinski definition) is 4. The number of carboxylic acid groups (broad SMARTS) is 1. The van der Waals surface area contributed by atoms with Crippen LogP contribution in [0, 0.1) is 12.8 Å². The van der Waals surface area contributed by atoms with E-state index in [9.17, 15) is 14.7 Å². The Morgan fingerprint density at radius 3 is 2.79 bits per heavy atom. The van der Waals surface area contributed by atoms with Gasteiger partial charge in [-0.15, -0.1) is 0 Å². The molecule has 2 atom stereocenters. The third-order valence-electron chi connectivity index (χ3n) is 5.17. The van der Waals surface area contributed by atoms with Crippen molar-refractivity contribution in [2.24, 2.45) is 5.92 Å². The van der Waals surface area contributed by atoms with Gasteiger partial charge in [-0.3, -0.25) is 4.79 Å². The number of aliphatic carboxylic acids is 1. The quantitative estimate of drug-likeness (QED) is 0.715. The molecule has 0 spiro atoms. The summed E-state index contributed by atoms with van der Waals surface area (Å²) in [5.41, 5.74) is 3.04. The van der Waals surface area contributed by atoms with E-state index >= 15 is 0 Å². The minimum atomic E-state index is -1.02. The Labute approximate surface area is 170 Å². The molecule has 2 aromatic rings. The Morgan fingerprint density at radius 2 is 2.07 bits per heavy atom. The van der Waals surface area contributed by atoms with Crippen LogP contribution in [0.5, 0.6) is 5.75 Å². The minimum Gasteiger partial charge on any atom is -0.489 e. The zero-order chi connectivity index (χ0) is 20.6. The van der Waals surface area contributed by atoms with Gasteiger partial charge in [-0.2, -0.15) is 0 Å². The van der Waals surface area contributed by atoms with Crippen molar-refractivity contribution in [3.8, 4) is 5.75 Å². The van der Waals surface area contributed by atoms with E-state index in [-0.39, 0.29) is 18.2 Å². The number of rotatable bonds is 8. The highest BCUT2D eigenvalue weighted by Gasteiger charge is 2.31. The predicted molar refractivity (Wildman–Crippen MR) is 109 cm³/mol. The SMILES string of the molecule is Cc1ccccc1COc1cccc(CC(=O)NC(C(=O)O)C2CCCOC2)c1. The molecule has 0 bridgehead atoms. The van der Waals surface area contributed by atoms with Crippen LogP contribution in [-0.4, -0.2) is 36.2 Å². The summed E-state index contributed by atoms with van der Waals surface area (Å²) < 4.78 is 11.2. The molecule has 1 aliphatic rings. The molecule has 1 fully saturated rings. The summed E-state index contributed by atoms with van der Waals surface area (Å²) in [6.45, 7) is 3.49. The monoisotopic (exact) mass is 397 g/mol. The smallest absolute Gasteiger partial charge is 0.326 e. The van der Waals surface area contributed by atoms with E-state index in [0.29, 0.717) is 25.6 Å². The average molecular weight is 397 g/mol. The Hall–Kier alpha value is -2.86. The van der Waals surface area contributed by atoms with Crippen LogP contribution >= 0.6 is 0 Å². The van der Waals surface area contributed by atoms with Crippen molar-refractivity contribution < 1.29 is 24.2 Å². The number of ether oxygens (including phenoxy) is 2. The van der Waals surface area contributed by atoms with Gasteiger partial charge in [-0.05, 0) is 48.6 Å². The maximum absolute atomic E-state index is 12.4. The summed E-state index contributed by atoms with van der Waals surface area (Å²) in [5.74, 6) is -0.869. The van der Waals surface area contributed by atoms with Crippen molar-refractivity contribution >= 4 is 11.9 Å². The largest absolute Gasteiger partial charge is 0.489 e. The van der Waals surface area contributed by atoms with Crippen LogP contribution in [0.2, 0.25) is 0 Å². The molecule has 154 valence electrons. The van der Waals surface area contributed by atoms with Crippen LogP contribution in [0.3, 0.4) is 0 Å². The predicted octanol–water partition coefficient (Wildman–Crippen LogP) is 3.11. The van der Waals surface area contributed by atoms with Gasteiger partial charge in [-0.25, -0.2) is 4.79 Å². The van der Waals surface area contributed by atoms with Gasteiger partial charge in [-0.1, -0.05) is 36.4 Å². The van der Waals surface area contributed by atoms with Gasteiger partial charge < -0.3 is 19.9 Å². The molecule has 29 heavy (non-hydrogen) atoms. The molecule has 0 aliphatic carbocycles. The van der Waals surface area contributed by atoms with Crippen molar-refractivity contribution in [1.29, 1.82) is 0 Å². The average Bonchev–Trinajstić information content (AvgIpc) is 2.72. The number of aryl methyl sites for hydroxylation is 1. The first-order valence-electron chi connectivity index (χ1n) is 9.89. The number of carboxylic acids is 1. The second-order valence-electron chi connectivity index (χ2n) is 7.40. The molecule has 1 heterocycles. The van der Waals surface area contributed by atoms with Crippen LogP contribution < -0.4 is 10.1 Å². The molecule has 3 rings (SSSR count). The maximum atomic E-state index is 12.4. The second kappa shape index (κ2) is 10.1. The van der Waals surface area contributed by atoms with E-state index < -0.39 is 12.0 Å². The number of nitrogens with one attached hydrogen (secondary N) is 1. The molecule has 1 amide bonds. The molecule has 1 saturated heterocycles. The first-order chi connectivity index (χ1) is 14.0. The Kier molecular flexibility index (Phi) is 7.25. The molecule has 1 aliphatic heterocycles. The molecule has 6 nitrogen and oxygen atoms in total. The summed E-state index contributed by atoms with van der Waals surface area (Å²) in [7, 11) is 0. The molecular formula is C23H27NO5. The third-order valence-corrected chi connectivity index (χ3v) is 5.17. The maximum Gasteiger partial charge on any atom is 0.326 e. The topological polar surface area (TPSA) is 84.9 Å². The third kappa shape index (κ3) is 6.06. The molecule has 0 saturated carbocycles. The summed E-state index contributed by atoms with van der Waals surface area (Å²) in [6.07, 6.45) is 1.64. The first kappa shape index (κ1) is 20.9. The molecule has 2 N–H and O–H groups in total. The first-order valence-corrected chi connectivity index (χ1v) is 9.89. The minimum absolute atomic E-state index is 0.0962. The number of carbonyl (C=O) groups is 2. The van der Waals surface area contributed by atoms with Gasteiger partial charge in [0.2, 0.25) is 5.91 Å². The highest BCUT2D eigenvalue weighted by molar-refractivity contribution is 5.85. The Bertz CT molecular complexity index is 845. The van der Waals surface area contributed by atoms with Crippen LogP contribution in [-0.2, 0) is 27.4 Å². The van der Waals surface area contributed by atoms with E-state index in [1.54, 1.807) is 0 Å². The van der Waals surface area contributed by atoms with Crippen molar-refractivity contribution in [2.45, 2.75) is 38.8 Å². The van der Waals surface area contributed by atoms with E-state index in [1.807, 2.05) is 55.5 Å². The van der Waals surface area contributed by atoms with Gasteiger partial charge in [0.05, 0.1) is 13.0 Å². The standard InChI is InChI=1S/C23H27NO5/c1-16-6-2-3-8-18(16)15-29-20-10-4-7-17(12-20)13-21(25)24-22(23(26)27)19-9-5-11-28-14-19/h2-4,6-8,10,12,19,22H,5,9,11,13-15H2,1H3,(H,24,25)(H,26,27). The zero-order valence-electron chi connectivity index (χ0n) is 16.6. The number of amides is 1. The molecule has 2 aromatic carbocycles. The second-order valence-corrected chi connectivity index (χ2v) is 7.40. The molecule has 6 heteroatoms. The molecule has 2 unspecified atom stereocenters. The van der Waals surface area contributed by atoms with E-state index in [1.165, 1.54) is 0 Å². The van der Waals surface area contributed by atoms with Crippen molar-refractivity contribution in [1.82, 2.24) is 5.32 Å². The van der Waals surface area contributed by atoms with Crippen LogP contribution in [0.4, 0.5) is 0 Å². The van der Waals surface area contributed by atoms with Gasteiger partial charge in [0.25, 0.3) is 0 Å². The summed E-state index contributed by atoms with van der Waals surface area (Å²) in [5, 5.41) is 12.2. The summed E-state index contributed by atoms with van der Waals surface area (Å²) >= 11 is 0. The molecule has 0 aromatic heterocycles. The summed E-state index contributed by atoms with van der Waals surface area (Å²) in [6, 6.07) is 14.4. The van der Waals surface area contributed by atoms with Crippen LogP contribution in [0.25, 0.3) is 0 Å². The lowest BCUT2D eigenvalue weighted by Crippen LogP contribution is -2.48.